The Labute approximate surface area is 193 Å². The van der Waals surface area contributed by atoms with Gasteiger partial charge in [-0.1, -0.05) is 66.8 Å². The zero-order chi connectivity index (χ0) is 22.1. The van der Waals surface area contributed by atoms with Gasteiger partial charge in [0.1, 0.15) is 5.82 Å². The van der Waals surface area contributed by atoms with Crippen molar-refractivity contribution >= 4 is 56.2 Å². The summed E-state index contributed by atoms with van der Waals surface area (Å²) in [6, 6.07) is 8.82. The molecule has 2 aromatic carbocycles. The van der Waals surface area contributed by atoms with Crippen LogP contribution in [0.3, 0.4) is 0 Å². The lowest BCUT2D eigenvalue weighted by Gasteiger charge is -2.20. The molecule has 0 saturated carbocycles. The lowest BCUT2D eigenvalue weighted by molar-refractivity contribution is 0.198. The Morgan fingerprint density at radius 3 is 2.47 bits per heavy atom. The number of ether oxygens (including phenoxy) is 1. The number of nitrogens with zero attached hydrogens (tertiary/aromatic N) is 3. The third-order valence-corrected chi connectivity index (χ3v) is 5.24. The van der Waals surface area contributed by atoms with Crippen LogP contribution in [0.15, 0.2) is 44.7 Å². The van der Waals surface area contributed by atoms with E-state index in [4.69, 9.17) is 27.9 Å². The van der Waals surface area contributed by atoms with Gasteiger partial charge < -0.3 is 4.74 Å². The molecule has 30 heavy (non-hydrogen) atoms. The molecule has 0 fully saturated rings. The molecule has 0 atom stereocenters. The van der Waals surface area contributed by atoms with E-state index in [-0.39, 0.29) is 11.0 Å². The van der Waals surface area contributed by atoms with Crippen LogP contribution in [0.4, 0.5) is 0 Å². The second-order valence-corrected chi connectivity index (χ2v) is 9.80. The number of halogens is 3. The van der Waals surface area contributed by atoms with Crippen molar-refractivity contribution in [3.63, 3.8) is 0 Å². The summed E-state index contributed by atoms with van der Waals surface area (Å²) in [5, 5.41) is 5.63. The summed E-state index contributed by atoms with van der Waals surface area (Å²) >= 11 is 16.1. The predicted molar refractivity (Wildman–Crippen MR) is 127 cm³/mol. The molecule has 5 nitrogen and oxygen atoms in total. The first-order chi connectivity index (χ1) is 14.1. The Balaban J connectivity index is 1.98. The zero-order valence-corrected chi connectivity index (χ0v) is 20.3. The highest BCUT2D eigenvalue weighted by Crippen LogP contribution is 2.35. The molecular formula is C22H22BrCl2N3O2. The lowest BCUT2D eigenvalue weighted by Crippen LogP contribution is -2.22. The Bertz CT molecular complexity index is 1160. The summed E-state index contributed by atoms with van der Waals surface area (Å²) in [6.07, 6.45) is 2.09. The monoisotopic (exact) mass is 509 g/mol. The minimum Gasteiger partial charge on any atom is -0.490 e. The van der Waals surface area contributed by atoms with Crippen molar-refractivity contribution in [2.75, 3.05) is 6.61 Å². The van der Waals surface area contributed by atoms with Crippen LogP contribution >= 0.6 is 39.1 Å². The molecule has 0 aliphatic rings. The van der Waals surface area contributed by atoms with Crippen LogP contribution < -0.4 is 10.3 Å². The lowest BCUT2D eigenvalue weighted by atomic mass is 9.99. The average Bonchev–Trinajstić information content (AvgIpc) is 2.66. The molecule has 1 aromatic heterocycles. The molecule has 0 spiro atoms. The summed E-state index contributed by atoms with van der Waals surface area (Å²) in [7, 11) is 0. The van der Waals surface area contributed by atoms with Gasteiger partial charge in [0, 0.05) is 10.9 Å². The molecule has 8 heteroatoms. The molecule has 0 unspecified atom stereocenters. The summed E-state index contributed by atoms with van der Waals surface area (Å²) in [6.45, 7) is 8.60. The van der Waals surface area contributed by atoms with Gasteiger partial charge in [-0.2, -0.15) is 9.78 Å². The van der Waals surface area contributed by atoms with E-state index >= 15 is 0 Å². The van der Waals surface area contributed by atoms with Crippen LogP contribution in [-0.4, -0.2) is 22.5 Å². The largest absolute Gasteiger partial charge is 0.490 e. The molecule has 0 amide bonds. The molecule has 1 heterocycles. The van der Waals surface area contributed by atoms with Crippen LogP contribution in [0.5, 0.6) is 5.75 Å². The van der Waals surface area contributed by atoms with Gasteiger partial charge in [-0.05, 0) is 41.3 Å². The molecule has 0 radical (unpaired) electrons. The van der Waals surface area contributed by atoms with Gasteiger partial charge in [-0.25, -0.2) is 4.98 Å². The average molecular weight is 511 g/mol. The van der Waals surface area contributed by atoms with Crippen molar-refractivity contribution in [2.24, 2.45) is 10.5 Å². The van der Waals surface area contributed by atoms with Gasteiger partial charge in [0.05, 0.1) is 33.8 Å². The molecule has 3 rings (SSSR count). The first kappa shape index (κ1) is 22.8. The number of aromatic nitrogens is 2. The third kappa shape index (κ3) is 5.23. The van der Waals surface area contributed by atoms with E-state index in [1.54, 1.807) is 18.2 Å². The van der Waals surface area contributed by atoms with E-state index in [0.717, 1.165) is 4.47 Å². The SMILES string of the molecule is CCc1nc2ccc(Br)cc2c(=O)n1N=Cc1cc(Cl)c(OCC(C)(C)C)c(Cl)c1. The summed E-state index contributed by atoms with van der Waals surface area (Å²) < 4.78 is 7.90. The molecule has 0 aliphatic carbocycles. The molecule has 0 bridgehead atoms. The van der Waals surface area contributed by atoms with Crippen LogP contribution in [0.25, 0.3) is 10.9 Å². The van der Waals surface area contributed by atoms with E-state index in [0.29, 0.717) is 51.1 Å². The highest BCUT2D eigenvalue weighted by atomic mass is 79.9. The van der Waals surface area contributed by atoms with E-state index < -0.39 is 0 Å². The fraction of sp³-hybridized carbons (Fsp3) is 0.318. The topological polar surface area (TPSA) is 56.5 Å². The van der Waals surface area contributed by atoms with Crippen molar-refractivity contribution in [2.45, 2.75) is 34.1 Å². The van der Waals surface area contributed by atoms with Crippen molar-refractivity contribution < 1.29 is 4.74 Å². The van der Waals surface area contributed by atoms with Crippen molar-refractivity contribution in [1.29, 1.82) is 0 Å². The second kappa shape index (κ2) is 9.08. The van der Waals surface area contributed by atoms with E-state index in [1.165, 1.54) is 10.9 Å². The maximum Gasteiger partial charge on any atom is 0.282 e. The van der Waals surface area contributed by atoms with Gasteiger partial charge in [-0.3, -0.25) is 4.79 Å². The molecule has 3 aromatic rings. The minimum atomic E-state index is -0.239. The minimum absolute atomic E-state index is 0.0252. The van der Waals surface area contributed by atoms with Crippen LogP contribution in [-0.2, 0) is 6.42 Å². The smallest absolute Gasteiger partial charge is 0.282 e. The van der Waals surface area contributed by atoms with E-state index in [9.17, 15) is 4.79 Å². The first-order valence-electron chi connectivity index (χ1n) is 9.46. The van der Waals surface area contributed by atoms with Crippen molar-refractivity contribution in [1.82, 2.24) is 9.66 Å². The summed E-state index contributed by atoms with van der Waals surface area (Å²) in [5.41, 5.74) is 1.02. The quantitative estimate of drug-likeness (QED) is 0.376. The Kier molecular flexibility index (Phi) is 6.90. The van der Waals surface area contributed by atoms with Crippen LogP contribution in [0.1, 0.15) is 39.1 Å². The van der Waals surface area contributed by atoms with Gasteiger partial charge >= 0.3 is 0 Å². The van der Waals surface area contributed by atoms with Gasteiger partial charge in [0.25, 0.3) is 5.56 Å². The van der Waals surface area contributed by atoms with Crippen molar-refractivity contribution in [3.8, 4) is 5.75 Å². The van der Waals surface area contributed by atoms with Crippen molar-refractivity contribution in [3.05, 3.63) is 66.6 Å². The number of aryl methyl sites for hydroxylation is 1. The molecule has 0 N–H and O–H groups in total. The maximum atomic E-state index is 13.0. The summed E-state index contributed by atoms with van der Waals surface area (Å²) in [4.78, 5) is 17.5. The van der Waals surface area contributed by atoms with Crippen LogP contribution in [0, 0.1) is 5.41 Å². The number of hydrogen-bond donors (Lipinski definition) is 0. The standard InChI is InChI=1S/C22H22BrCl2N3O2/c1-5-19-27-18-7-6-14(23)10-15(18)21(29)28(19)26-11-13-8-16(24)20(17(25)9-13)30-12-22(2,3)4/h6-11H,5,12H2,1-4H3. The summed E-state index contributed by atoms with van der Waals surface area (Å²) in [5.74, 6) is 1.00. The van der Waals surface area contributed by atoms with E-state index in [1.807, 2.05) is 19.1 Å². The van der Waals surface area contributed by atoms with Gasteiger partial charge in [0.2, 0.25) is 0 Å². The normalized spacial score (nSPS) is 12.1. The molecule has 0 aliphatic heterocycles. The highest BCUT2D eigenvalue weighted by molar-refractivity contribution is 9.10. The fourth-order valence-electron chi connectivity index (χ4n) is 2.75. The van der Waals surface area contributed by atoms with Crippen LogP contribution in [0.2, 0.25) is 10.0 Å². The third-order valence-electron chi connectivity index (χ3n) is 4.18. The zero-order valence-electron chi connectivity index (χ0n) is 17.2. The van der Waals surface area contributed by atoms with E-state index in [2.05, 4.69) is 46.8 Å². The Morgan fingerprint density at radius 1 is 1.20 bits per heavy atom. The Morgan fingerprint density at radius 2 is 1.87 bits per heavy atom. The van der Waals surface area contributed by atoms with Gasteiger partial charge in [0.15, 0.2) is 5.75 Å². The Hall–Kier alpha value is -1.89. The fourth-order valence-corrected chi connectivity index (χ4v) is 3.72. The van der Waals surface area contributed by atoms with Gasteiger partial charge in [-0.15, -0.1) is 0 Å². The first-order valence-corrected chi connectivity index (χ1v) is 11.0. The number of rotatable bonds is 5. The molecular weight excluding hydrogens is 489 g/mol. The maximum absolute atomic E-state index is 13.0. The number of benzene rings is 2. The highest BCUT2D eigenvalue weighted by Gasteiger charge is 2.15. The number of hydrogen-bond acceptors (Lipinski definition) is 4. The second-order valence-electron chi connectivity index (χ2n) is 8.07. The predicted octanol–water partition coefficient (Wildman–Crippen LogP) is 6.34. The molecule has 0 saturated heterocycles. The number of fused-ring (bicyclic) bond motifs is 1. The molecule has 158 valence electrons.